The SMILES string of the molecule is CSc1ccc(CN(C)C(=O)CCC2CCCCN2)cc1. The van der Waals surface area contributed by atoms with Gasteiger partial charge in [-0.1, -0.05) is 18.6 Å². The molecule has 116 valence electrons. The number of benzene rings is 1. The minimum atomic E-state index is 0.247. The summed E-state index contributed by atoms with van der Waals surface area (Å²) in [5.74, 6) is 0.247. The lowest BCUT2D eigenvalue weighted by atomic mass is 10.0. The number of thioether (sulfide) groups is 1. The van der Waals surface area contributed by atoms with Gasteiger partial charge in [-0.15, -0.1) is 11.8 Å². The highest BCUT2D eigenvalue weighted by atomic mass is 32.2. The molecule has 0 aliphatic carbocycles. The lowest BCUT2D eigenvalue weighted by Crippen LogP contribution is -2.35. The summed E-state index contributed by atoms with van der Waals surface area (Å²) in [6.45, 7) is 1.81. The average molecular weight is 306 g/mol. The van der Waals surface area contributed by atoms with Gasteiger partial charge in [0.15, 0.2) is 0 Å². The quantitative estimate of drug-likeness (QED) is 0.819. The number of hydrogen-bond acceptors (Lipinski definition) is 3. The summed E-state index contributed by atoms with van der Waals surface area (Å²) in [7, 11) is 1.90. The Balaban J connectivity index is 1.75. The lowest BCUT2D eigenvalue weighted by Gasteiger charge is -2.24. The Kier molecular flexibility index (Phi) is 6.58. The van der Waals surface area contributed by atoms with Crippen LogP contribution in [0.5, 0.6) is 0 Å². The van der Waals surface area contributed by atoms with Gasteiger partial charge in [0.25, 0.3) is 0 Å². The van der Waals surface area contributed by atoms with Crippen molar-refractivity contribution >= 4 is 17.7 Å². The number of piperidine rings is 1. The van der Waals surface area contributed by atoms with Crippen LogP contribution < -0.4 is 5.32 Å². The predicted molar refractivity (Wildman–Crippen MR) is 89.6 cm³/mol. The first-order chi connectivity index (χ1) is 10.2. The maximum Gasteiger partial charge on any atom is 0.222 e. The van der Waals surface area contributed by atoms with Gasteiger partial charge in [0.1, 0.15) is 0 Å². The molecule has 1 saturated heterocycles. The Morgan fingerprint density at radius 3 is 2.71 bits per heavy atom. The van der Waals surface area contributed by atoms with Crippen molar-refractivity contribution in [2.24, 2.45) is 0 Å². The number of nitrogens with zero attached hydrogens (tertiary/aromatic N) is 1. The number of amides is 1. The maximum absolute atomic E-state index is 12.2. The molecule has 3 nitrogen and oxygen atoms in total. The zero-order valence-electron chi connectivity index (χ0n) is 13.1. The molecule has 1 fully saturated rings. The minimum Gasteiger partial charge on any atom is -0.341 e. The van der Waals surface area contributed by atoms with Crippen LogP contribution in [-0.4, -0.2) is 36.7 Å². The number of carbonyl (C=O) groups is 1. The summed E-state index contributed by atoms with van der Waals surface area (Å²) in [5, 5.41) is 3.50. The first kappa shape index (κ1) is 16.4. The number of carbonyl (C=O) groups excluding carboxylic acids is 1. The fourth-order valence-corrected chi connectivity index (χ4v) is 3.16. The van der Waals surface area contributed by atoms with Crippen molar-refractivity contribution in [1.82, 2.24) is 10.2 Å². The van der Waals surface area contributed by atoms with Crippen LogP contribution in [-0.2, 0) is 11.3 Å². The molecule has 0 radical (unpaired) electrons. The van der Waals surface area contributed by atoms with Crippen molar-refractivity contribution in [3.63, 3.8) is 0 Å². The van der Waals surface area contributed by atoms with Crippen LogP contribution in [0, 0.1) is 0 Å². The molecule has 1 N–H and O–H groups in total. The van der Waals surface area contributed by atoms with E-state index in [0.29, 0.717) is 19.0 Å². The van der Waals surface area contributed by atoms with Gasteiger partial charge >= 0.3 is 0 Å². The fourth-order valence-electron chi connectivity index (χ4n) is 2.75. The van der Waals surface area contributed by atoms with Crippen molar-refractivity contribution in [2.75, 3.05) is 19.8 Å². The minimum absolute atomic E-state index is 0.247. The smallest absolute Gasteiger partial charge is 0.222 e. The van der Waals surface area contributed by atoms with Crippen LogP contribution in [0.3, 0.4) is 0 Å². The summed E-state index contributed by atoms with van der Waals surface area (Å²) in [5.41, 5.74) is 1.19. The highest BCUT2D eigenvalue weighted by Gasteiger charge is 2.16. The van der Waals surface area contributed by atoms with E-state index in [1.54, 1.807) is 11.8 Å². The number of hydrogen-bond donors (Lipinski definition) is 1. The predicted octanol–water partition coefficient (Wildman–Crippen LogP) is 3.29. The molecule has 0 spiro atoms. The second-order valence-electron chi connectivity index (χ2n) is 5.78. The summed E-state index contributed by atoms with van der Waals surface area (Å²) in [4.78, 5) is 15.3. The molecule has 1 heterocycles. The van der Waals surface area contributed by atoms with E-state index >= 15 is 0 Å². The van der Waals surface area contributed by atoms with E-state index in [-0.39, 0.29) is 5.91 Å². The van der Waals surface area contributed by atoms with Crippen molar-refractivity contribution in [2.45, 2.75) is 49.6 Å². The van der Waals surface area contributed by atoms with Crippen LogP contribution in [0.15, 0.2) is 29.2 Å². The van der Waals surface area contributed by atoms with Crippen molar-refractivity contribution in [3.05, 3.63) is 29.8 Å². The van der Waals surface area contributed by atoms with Crippen molar-refractivity contribution in [1.29, 1.82) is 0 Å². The van der Waals surface area contributed by atoms with E-state index in [0.717, 1.165) is 13.0 Å². The van der Waals surface area contributed by atoms with Gasteiger partial charge in [-0.25, -0.2) is 0 Å². The van der Waals surface area contributed by atoms with Gasteiger partial charge in [-0.05, 0) is 49.8 Å². The first-order valence-corrected chi connectivity index (χ1v) is 9.02. The topological polar surface area (TPSA) is 32.3 Å². The molecule has 1 aromatic carbocycles. The standard InChI is InChI=1S/C17H26N2OS/c1-19(13-14-6-9-16(21-2)10-7-14)17(20)11-8-15-5-3-4-12-18-15/h6-7,9-10,15,18H,3-5,8,11-13H2,1-2H3. The third-order valence-electron chi connectivity index (χ3n) is 4.12. The van der Waals surface area contributed by atoms with E-state index in [2.05, 4.69) is 35.8 Å². The zero-order chi connectivity index (χ0) is 15.1. The summed E-state index contributed by atoms with van der Waals surface area (Å²) in [6.07, 6.45) is 7.47. The third-order valence-corrected chi connectivity index (χ3v) is 4.87. The van der Waals surface area contributed by atoms with E-state index in [4.69, 9.17) is 0 Å². The summed E-state index contributed by atoms with van der Waals surface area (Å²) >= 11 is 1.74. The van der Waals surface area contributed by atoms with Gasteiger partial charge in [0.05, 0.1) is 0 Å². The molecule has 1 unspecified atom stereocenters. The molecular weight excluding hydrogens is 280 g/mol. The maximum atomic E-state index is 12.2. The van der Waals surface area contributed by atoms with E-state index in [9.17, 15) is 4.79 Å². The van der Waals surface area contributed by atoms with E-state index < -0.39 is 0 Å². The molecule has 1 amide bonds. The van der Waals surface area contributed by atoms with Gasteiger partial charge in [0.2, 0.25) is 5.91 Å². The monoisotopic (exact) mass is 306 g/mol. The number of nitrogens with one attached hydrogen (secondary N) is 1. The van der Waals surface area contributed by atoms with Crippen LogP contribution >= 0.6 is 11.8 Å². The normalized spacial score (nSPS) is 18.5. The Labute approximate surface area is 132 Å². The Bertz CT molecular complexity index is 441. The molecule has 4 heteroatoms. The Hall–Kier alpha value is -1.00. The van der Waals surface area contributed by atoms with Crippen LogP contribution in [0.1, 0.15) is 37.7 Å². The molecule has 1 aliphatic rings. The largest absolute Gasteiger partial charge is 0.341 e. The van der Waals surface area contributed by atoms with Gasteiger partial charge in [-0.3, -0.25) is 4.79 Å². The molecule has 21 heavy (non-hydrogen) atoms. The van der Waals surface area contributed by atoms with Crippen LogP contribution in [0.2, 0.25) is 0 Å². The second kappa shape index (κ2) is 8.44. The van der Waals surface area contributed by atoms with Crippen LogP contribution in [0.25, 0.3) is 0 Å². The average Bonchev–Trinajstić information content (AvgIpc) is 2.54. The molecule has 1 aromatic rings. The summed E-state index contributed by atoms with van der Waals surface area (Å²) in [6, 6.07) is 8.99. The Morgan fingerprint density at radius 2 is 2.10 bits per heavy atom. The lowest BCUT2D eigenvalue weighted by molar-refractivity contribution is -0.130. The van der Waals surface area contributed by atoms with E-state index in [1.165, 1.54) is 29.7 Å². The van der Waals surface area contributed by atoms with Gasteiger partial charge in [-0.2, -0.15) is 0 Å². The highest BCUT2D eigenvalue weighted by Crippen LogP contribution is 2.16. The fraction of sp³-hybridized carbons (Fsp3) is 0.588. The third kappa shape index (κ3) is 5.36. The number of rotatable bonds is 6. The van der Waals surface area contributed by atoms with Gasteiger partial charge in [0, 0.05) is 31.0 Å². The molecule has 0 aromatic heterocycles. The zero-order valence-corrected chi connectivity index (χ0v) is 13.9. The van der Waals surface area contributed by atoms with Gasteiger partial charge < -0.3 is 10.2 Å². The van der Waals surface area contributed by atoms with Crippen molar-refractivity contribution < 1.29 is 4.79 Å². The molecule has 0 saturated carbocycles. The van der Waals surface area contributed by atoms with Crippen LogP contribution in [0.4, 0.5) is 0 Å². The molecular formula is C17H26N2OS. The second-order valence-corrected chi connectivity index (χ2v) is 6.66. The first-order valence-electron chi connectivity index (χ1n) is 7.79. The molecule has 2 rings (SSSR count). The van der Waals surface area contributed by atoms with Crippen molar-refractivity contribution in [3.8, 4) is 0 Å². The molecule has 1 aliphatic heterocycles. The molecule has 0 bridgehead atoms. The highest BCUT2D eigenvalue weighted by molar-refractivity contribution is 7.98. The Morgan fingerprint density at radius 1 is 1.33 bits per heavy atom. The molecule has 1 atom stereocenters. The van der Waals surface area contributed by atoms with E-state index in [1.807, 2.05) is 11.9 Å². The summed E-state index contributed by atoms with van der Waals surface area (Å²) < 4.78 is 0.